The summed E-state index contributed by atoms with van der Waals surface area (Å²) < 4.78 is 0. The van der Waals surface area contributed by atoms with Crippen LogP contribution in [0.3, 0.4) is 0 Å². The van der Waals surface area contributed by atoms with Gasteiger partial charge in [-0.2, -0.15) is 0 Å². The van der Waals surface area contributed by atoms with Gasteiger partial charge in [0.05, 0.1) is 0 Å². The second-order valence-corrected chi connectivity index (χ2v) is 8.57. The molecular formula is C24H32O. The highest BCUT2D eigenvalue weighted by Gasteiger charge is 2.31. The number of phenols is 1. The minimum absolute atomic E-state index is 0.545. The maximum atomic E-state index is 10.9. The number of hydrogen-bond acceptors (Lipinski definition) is 1. The van der Waals surface area contributed by atoms with E-state index in [9.17, 15) is 5.11 Å². The van der Waals surface area contributed by atoms with E-state index in [1.54, 1.807) is 0 Å². The van der Waals surface area contributed by atoms with Gasteiger partial charge < -0.3 is 5.11 Å². The van der Waals surface area contributed by atoms with Crippen molar-refractivity contribution < 1.29 is 5.11 Å². The third-order valence-corrected chi connectivity index (χ3v) is 7.25. The van der Waals surface area contributed by atoms with Gasteiger partial charge in [-0.05, 0) is 79.2 Å². The molecule has 0 aromatic heterocycles. The molecule has 2 aliphatic carbocycles. The number of phenolic OH excluding ortho intramolecular Hbond substituents is 1. The fourth-order valence-corrected chi connectivity index (χ4v) is 5.77. The van der Waals surface area contributed by atoms with Crippen LogP contribution in [0.25, 0.3) is 10.8 Å². The molecule has 0 bridgehead atoms. The van der Waals surface area contributed by atoms with E-state index in [4.69, 9.17) is 0 Å². The molecule has 0 saturated heterocycles. The molecule has 0 heterocycles. The Bertz CT molecular complexity index is 746. The number of benzene rings is 2. The summed E-state index contributed by atoms with van der Waals surface area (Å²) in [6.45, 7) is 4.29. The van der Waals surface area contributed by atoms with Crippen LogP contribution in [0.5, 0.6) is 5.75 Å². The minimum atomic E-state index is 0.545. The smallest absolute Gasteiger partial charge is 0.122 e. The van der Waals surface area contributed by atoms with Gasteiger partial charge in [0.2, 0.25) is 0 Å². The summed E-state index contributed by atoms with van der Waals surface area (Å²) in [6, 6.07) is 8.55. The SMILES string of the molecule is Cc1c(O)c(C2CCC(C3CCCCC3)CC2)c(C)c2ccccc12. The molecule has 2 aliphatic rings. The van der Waals surface area contributed by atoms with Crippen LogP contribution in [0.2, 0.25) is 0 Å². The second kappa shape index (κ2) is 7.02. The Morgan fingerprint density at radius 1 is 0.720 bits per heavy atom. The fourth-order valence-electron chi connectivity index (χ4n) is 5.77. The Hall–Kier alpha value is -1.50. The first kappa shape index (κ1) is 16.9. The van der Waals surface area contributed by atoms with Crippen LogP contribution in [0, 0.1) is 25.7 Å². The van der Waals surface area contributed by atoms with Crippen molar-refractivity contribution in [1.82, 2.24) is 0 Å². The highest BCUT2D eigenvalue weighted by Crippen LogP contribution is 2.47. The molecule has 0 amide bonds. The van der Waals surface area contributed by atoms with E-state index in [2.05, 4.69) is 38.1 Å². The van der Waals surface area contributed by atoms with E-state index in [0.29, 0.717) is 11.7 Å². The molecule has 2 aromatic carbocycles. The average molecular weight is 337 g/mol. The van der Waals surface area contributed by atoms with Crippen LogP contribution in [0.15, 0.2) is 24.3 Å². The van der Waals surface area contributed by atoms with Gasteiger partial charge in [0.1, 0.15) is 5.75 Å². The van der Waals surface area contributed by atoms with Crippen LogP contribution in [0.1, 0.15) is 80.4 Å². The van der Waals surface area contributed by atoms with Crippen molar-refractivity contribution in [1.29, 1.82) is 0 Å². The maximum Gasteiger partial charge on any atom is 0.122 e. The fraction of sp³-hybridized carbons (Fsp3) is 0.583. The van der Waals surface area contributed by atoms with E-state index in [1.807, 2.05) is 0 Å². The van der Waals surface area contributed by atoms with Crippen LogP contribution >= 0.6 is 0 Å². The normalized spacial score (nSPS) is 25.4. The molecular weight excluding hydrogens is 304 g/mol. The Morgan fingerprint density at radius 2 is 1.28 bits per heavy atom. The van der Waals surface area contributed by atoms with Crippen molar-refractivity contribution in [3.63, 3.8) is 0 Å². The lowest BCUT2D eigenvalue weighted by molar-refractivity contribution is 0.185. The van der Waals surface area contributed by atoms with E-state index >= 15 is 0 Å². The predicted octanol–water partition coefficient (Wildman–Crippen LogP) is 7.02. The summed E-state index contributed by atoms with van der Waals surface area (Å²) >= 11 is 0. The molecule has 1 nitrogen and oxygen atoms in total. The zero-order chi connectivity index (χ0) is 17.4. The summed E-state index contributed by atoms with van der Waals surface area (Å²) in [7, 11) is 0. The Kier molecular flexibility index (Phi) is 4.75. The molecule has 134 valence electrons. The van der Waals surface area contributed by atoms with Crippen molar-refractivity contribution in [2.24, 2.45) is 11.8 Å². The maximum absolute atomic E-state index is 10.9. The van der Waals surface area contributed by atoms with E-state index in [0.717, 1.165) is 17.4 Å². The number of fused-ring (bicyclic) bond motifs is 1. The van der Waals surface area contributed by atoms with E-state index < -0.39 is 0 Å². The Balaban J connectivity index is 1.59. The van der Waals surface area contributed by atoms with Gasteiger partial charge in [-0.25, -0.2) is 0 Å². The molecule has 25 heavy (non-hydrogen) atoms. The highest BCUT2D eigenvalue weighted by molar-refractivity contribution is 5.92. The van der Waals surface area contributed by atoms with Gasteiger partial charge in [-0.1, -0.05) is 56.4 Å². The first-order valence-electron chi connectivity index (χ1n) is 10.4. The lowest BCUT2D eigenvalue weighted by Gasteiger charge is -2.36. The predicted molar refractivity (Wildman–Crippen MR) is 106 cm³/mol. The monoisotopic (exact) mass is 336 g/mol. The molecule has 2 fully saturated rings. The van der Waals surface area contributed by atoms with E-state index in [1.165, 1.54) is 79.7 Å². The van der Waals surface area contributed by atoms with Crippen molar-refractivity contribution >= 4 is 10.8 Å². The lowest BCUT2D eigenvalue weighted by atomic mass is 9.69. The molecule has 1 heteroatoms. The van der Waals surface area contributed by atoms with Crippen molar-refractivity contribution in [3.05, 3.63) is 41.0 Å². The van der Waals surface area contributed by atoms with Crippen LogP contribution in [-0.4, -0.2) is 5.11 Å². The molecule has 2 saturated carbocycles. The van der Waals surface area contributed by atoms with Crippen molar-refractivity contribution in [2.45, 2.75) is 77.6 Å². The Morgan fingerprint density at radius 3 is 1.92 bits per heavy atom. The van der Waals surface area contributed by atoms with Gasteiger partial charge in [0, 0.05) is 5.56 Å². The summed E-state index contributed by atoms with van der Waals surface area (Å²) in [5.41, 5.74) is 3.61. The van der Waals surface area contributed by atoms with Gasteiger partial charge in [-0.15, -0.1) is 0 Å². The number of hydrogen-bond donors (Lipinski definition) is 1. The average Bonchev–Trinajstić information content (AvgIpc) is 2.68. The van der Waals surface area contributed by atoms with Crippen molar-refractivity contribution in [3.8, 4) is 5.75 Å². The number of rotatable bonds is 2. The first-order valence-corrected chi connectivity index (χ1v) is 10.4. The van der Waals surface area contributed by atoms with Gasteiger partial charge in [0.15, 0.2) is 0 Å². The van der Waals surface area contributed by atoms with Gasteiger partial charge in [-0.3, -0.25) is 0 Å². The molecule has 0 aliphatic heterocycles. The largest absolute Gasteiger partial charge is 0.507 e. The molecule has 0 unspecified atom stereocenters. The molecule has 0 radical (unpaired) electrons. The summed E-state index contributed by atoms with van der Waals surface area (Å²) in [4.78, 5) is 0. The lowest BCUT2D eigenvalue weighted by Crippen LogP contribution is -2.23. The first-order chi connectivity index (χ1) is 12.2. The molecule has 0 atom stereocenters. The third-order valence-electron chi connectivity index (χ3n) is 7.25. The molecule has 1 N–H and O–H groups in total. The quantitative estimate of drug-likeness (QED) is 0.625. The minimum Gasteiger partial charge on any atom is -0.507 e. The molecule has 4 rings (SSSR count). The molecule has 2 aromatic rings. The van der Waals surface area contributed by atoms with E-state index in [-0.39, 0.29) is 0 Å². The standard InChI is InChI=1S/C24H32O/c1-16-21-10-6-7-11-22(21)17(2)24(25)23(16)20-14-12-19(13-15-20)18-8-4-3-5-9-18/h6-7,10-11,18-20,25H,3-5,8-9,12-15H2,1-2H3. The zero-order valence-corrected chi connectivity index (χ0v) is 15.9. The van der Waals surface area contributed by atoms with Crippen LogP contribution in [0.4, 0.5) is 0 Å². The third kappa shape index (κ3) is 3.07. The summed E-state index contributed by atoms with van der Waals surface area (Å²) in [6.07, 6.45) is 12.5. The topological polar surface area (TPSA) is 20.2 Å². The van der Waals surface area contributed by atoms with Gasteiger partial charge >= 0.3 is 0 Å². The second-order valence-electron chi connectivity index (χ2n) is 8.57. The van der Waals surface area contributed by atoms with Gasteiger partial charge in [0.25, 0.3) is 0 Å². The number of aryl methyl sites for hydroxylation is 2. The van der Waals surface area contributed by atoms with Crippen LogP contribution in [-0.2, 0) is 0 Å². The van der Waals surface area contributed by atoms with Crippen LogP contribution < -0.4 is 0 Å². The summed E-state index contributed by atoms with van der Waals surface area (Å²) in [5, 5.41) is 13.5. The Labute approximate surface area is 152 Å². The highest BCUT2D eigenvalue weighted by atomic mass is 16.3. The van der Waals surface area contributed by atoms with Crippen molar-refractivity contribution in [2.75, 3.05) is 0 Å². The summed E-state index contributed by atoms with van der Waals surface area (Å²) in [5.74, 6) is 3.05. The zero-order valence-electron chi connectivity index (χ0n) is 15.9. The molecule has 0 spiro atoms. The number of aromatic hydroxyl groups is 1.